The van der Waals surface area contributed by atoms with E-state index in [0.29, 0.717) is 6.07 Å². The van der Waals surface area contributed by atoms with Crippen molar-refractivity contribution in [3.8, 4) is 5.75 Å². The number of rotatable bonds is 3. The van der Waals surface area contributed by atoms with Crippen LogP contribution in [0.3, 0.4) is 0 Å². The third-order valence-corrected chi connectivity index (χ3v) is 2.28. The molecule has 0 radical (unpaired) electrons. The molecule has 0 spiro atoms. The predicted octanol–water partition coefficient (Wildman–Crippen LogP) is 1.77. The summed E-state index contributed by atoms with van der Waals surface area (Å²) in [6.45, 7) is 1.40. The van der Waals surface area contributed by atoms with Crippen LogP contribution in [0.4, 0.5) is 8.78 Å². The fourth-order valence-electron chi connectivity index (χ4n) is 0.876. The fraction of sp³-hybridized carbons (Fsp3) is 0.333. The van der Waals surface area contributed by atoms with E-state index in [1.165, 1.54) is 6.92 Å². The highest BCUT2D eigenvalue weighted by atomic mass is 79.9. The van der Waals surface area contributed by atoms with Crippen molar-refractivity contribution in [2.45, 2.75) is 19.3 Å². The van der Waals surface area contributed by atoms with Crippen LogP contribution in [0.15, 0.2) is 16.6 Å². The molecule has 0 bridgehead atoms. The zero-order valence-electron chi connectivity index (χ0n) is 7.88. The predicted molar refractivity (Wildman–Crippen MR) is 54.3 cm³/mol. The summed E-state index contributed by atoms with van der Waals surface area (Å²) in [5.41, 5.74) is 5.37. The van der Waals surface area contributed by atoms with Gasteiger partial charge in [-0.3, -0.25) is 5.73 Å². The van der Waals surface area contributed by atoms with Crippen molar-refractivity contribution in [1.29, 1.82) is 0 Å². The van der Waals surface area contributed by atoms with E-state index >= 15 is 0 Å². The largest absolute Gasteiger partial charge is 0.469 e. The van der Waals surface area contributed by atoms with Crippen LogP contribution < -0.4 is 10.5 Å². The summed E-state index contributed by atoms with van der Waals surface area (Å²) in [5.74, 6) is -1.82. The number of benzene rings is 1. The molecule has 2 atom stereocenters. The van der Waals surface area contributed by atoms with Crippen molar-refractivity contribution < 1.29 is 18.6 Å². The Balaban J connectivity index is 2.95. The smallest absolute Gasteiger partial charge is 0.173 e. The van der Waals surface area contributed by atoms with Gasteiger partial charge in [0.1, 0.15) is 11.9 Å². The topological polar surface area (TPSA) is 55.5 Å². The summed E-state index contributed by atoms with van der Waals surface area (Å²) in [6.07, 6.45) is -2.03. The second kappa shape index (κ2) is 4.87. The van der Waals surface area contributed by atoms with Crippen LogP contribution in [-0.2, 0) is 0 Å². The van der Waals surface area contributed by atoms with Crippen molar-refractivity contribution in [2.24, 2.45) is 5.73 Å². The van der Waals surface area contributed by atoms with Gasteiger partial charge in [-0.05, 0) is 28.9 Å². The number of hydrogen-bond acceptors (Lipinski definition) is 3. The molecular formula is C9H10BrF2NO2. The van der Waals surface area contributed by atoms with Crippen LogP contribution in [0.5, 0.6) is 5.75 Å². The quantitative estimate of drug-likeness (QED) is 0.831. The van der Waals surface area contributed by atoms with Gasteiger partial charge in [-0.2, -0.15) is 0 Å². The molecule has 3 nitrogen and oxygen atoms in total. The van der Waals surface area contributed by atoms with E-state index in [2.05, 4.69) is 15.9 Å². The Bertz CT molecular complexity index is 337. The van der Waals surface area contributed by atoms with E-state index < -0.39 is 24.0 Å². The van der Waals surface area contributed by atoms with Gasteiger partial charge in [-0.15, -0.1) is 0 Å². The van der Waals surface area contributed by atoms with Crippen LogP contribution in [0.25, 0.3) is 0 Å². The number of aliphatic hydroxyl groups is 1. The van der Waals surface area contributed by atoms with Crippen molar-refractivity contribution in [3.63, 3.8) is 0 Å². The molecule has 0 saturated carbocycles. The molecule has 0 heterocycles. The zero-order chi connectivity index (χ0) is 11.6. The van der Waals surface area contributed by atoms with Crippen molar-refractivity contribution in [2.75, 3.05) is 0 Å². The molecule has 1 aromatic carbocycles. The zero-order valence-corrected chi connectivity index (χ0v) is 9.46. The van der Waals surface area contributed by atoms with Gasteiger partial charge in [0.2, 0.25) is 0 Å². The second-order valence-electron chi connectivity index (χ2n) is 3.02. The molecule has 6 heteroatoms. The summed E-state index contributed by atoms with van der Waals surface area (Å²) in [5, 5.41) is 9.06. The Hall–Kier alpha value is -0.720. The third kappa shape index (κ3) is 3.12. The van der Waals surface area contributed by atoms with Crippen LogP contribution >= 0.6 is 15.9 Å². The Kier molecular flexibility index (Phi) is 4.01. The lowest BCUT2D eigenvalue weighted by Crippen LogP contribution is -2.38. The van der Waals surface area contributed by atoms with E-state index in [-0.39, 0.29) is 10.2 Å². The standard InChI is InChI=1S/C9H10BrF2NO2/c1-4(14)9(13)15-8-6(10)2-5(11)3-7(8)12/h2-4,9,14H,13H2,1H3. The van der Waals surface area contributed by atoms with Gasteiger partial charge in [0.05, 0.1) is 4.47 Å². The third-order valence-electron chi connectivity index (χ3n) is 1.69. The van der Waals surface area contributed by atoms with Crippen LogP contribution in [0.1, 0.15) is 6.92 Å². The maximum Gasteiger partial charge on any atom is 0.173 e. The Labute approximate surface area is 94.0 Å². The number of hydrogen-bond donors (Lipinski definition) is 2. The average Bonchev–Trinajstić information content (AvgIpc) is 2.10. The summed E-state index contributed by atoms with van der Waals surface area (Å²) in [6, 6.07) is 1.72. The van der Waals surface area contributed by atoms with E-state index in [0.717, 1.165) is 6.07 Å². The normalized spacial score (nSPS) is 14.8. The van der Waals surface area contributed by atoms with Crippen LogP contribution in [0.2, 0.25) is 0 Å². The Morgan fingerprint density at radius 2 is 2.07 bits per heavy atom. The minimum absolute atomic E-state index is 0.108. The van der Waals surface area contributed by atoms with Gasteiger partial charge in [-0.25, -0.2) is 8.78 Å². The molecule has 84 valence electrons. The Morgan fingerprint density at radius 3 is 2.53 bits per heavy atom. The minimum atomic E-state index is -1.07. The number of aliphatic hydroxyl groups excluding tert-OH is 1. The lowest BCUT2D eigenvalue weighted by molar-refractivity contribution is 0.0497. The summed E-state index contributed by atoms with van der Waals surface area (Å²) >= 11 is 2.93. The average molecular weight is 282 g/mol. The van der Waals surface area contributed by atoms with Gasteiger partial charge in [0.25, 0.3) is 0 Å². The molecule has 0 aliphatic carbocycles. The van der Waals surface area contributed by atoms with E-state index in [4.69, 9.17) is 15.6 Å². The van der Waals surface area contributed by atoms with E-state index in [1.807, 2.05) is 0 Å². The molecule has 0 saturated heterocycles. The second-order valence-corrected chi connectivity index (χ2v) is 3.88. The molecule has 0 aliphatic rings. The first-order valence-electron chi connectivity index (χ1n) is 4.16. The van der Waals surface area contributed by atoms with Gasteiger partial charge >= 0.3 is 0 Å². The molecule has 1 aromatic rings. The lowest BCUT2D eigenvalue weighted by Gasteiger charge is -2.18. The lowest BCUT2D eigenvalue weighted by atomic mass is 10.3. The van der Waals surface area contributed by atoms with Gasteiger partial charge in [0.15, 0.2) is 17.8 Å². The highest BCUT2D eigenvalue weighted by Crippen LogP contribution is 2.29. The fourth-order valence-corrected chi connectivity index (χ4v) is 1.38. The summed E-state index contributed by atoms with van der Waals surface area (Å²) in [7, 11) is 0. The Morgan fingerprint density at radius 1 is 1.47 bits per heavy atom. The maximum atomic E-state index is 13.2. The van der Waals surface area contributed by atoms with E-state index in [9.17, 15) is 8.78 Å². The van der Waals surface area contributed by atoms with E-state index in [1.54, 1.807) is 0 Å². The number of halogens is 3. The van der Waals surface area contributed by atoms with Crippen molar-refractivity contribution >= 4 is 15.9 Å². The maximum absolute atomic E-state index is 13.2. The van der Waals surface area contributed by atoms with Crippen molar-refractivity contribution in [1.82, 2.24) is 0 Å². The molecule has 0 aliphatic heterocycles. The molecule has 0 aromatic heterocycles. The van der Waals surface area contributed by atoms with Crippen LogP contribution in [-0.4, -0.2) is 17.4 Å². The van der Waals surface area contributed by atoms with Crippen molar-refractivity contribution in [3.05, 3.63) is 28.2 Å². The van der Waals surface area contributed by atoms with Crippen LogP contribution in [0, 0.1) is 11.6 Å². The molecule has 2 unspecified atom stereocenters. The molecule has 3 N–H and O–H groups in total. The highest BCUT2D eigenvalue weighted by Gasteiger charge is 2.17. The number of ether oxygens (including phenoxy) is 1. The number of nitrogens with two attached hydrogens (primary N) is 1. The summed E-state index contributed by atoms with van der Waals surface area (Å²) in [4.78, 5) is 0. The highest BCUT2D eigenvalue weighted by molar-refractivity contribution is 9.10. The molecule has 0 fully saturated rings. The minimum Gasteiger partial charge on any atom is -0.469 e. The monoisotopic (exact) mass is 281 g/mol. The SMILES string of the molecule is CC(O)C(N)Oc1c(F)cc(F)cc1Br. The first-order valence-corrected chi connectivity index (χ1v) is 4.96. The molecular weight excluding hydrogens is 272 g/mol. The van der Waals surface area contributed by atoms with Gasteiger partial charge < -0.3 is 9.84 Å². The molecule has 0 amide bonds. The van der Waals surface area contributed by atoms with Gasteiger partial charge in [-0.1, -0.05) is 0 Å². The molecule has 1 rings (SSSR count). The molecule has 15 heavy (non-hydrogen) atoms. The van der Waals surface area contributed by atoms with Gasteiger partial charge in [0, 0.05) is 6.07 Å². The first-order chi connectivity index (χ1) is 6.91. The summed E-state index contributed by atoms with van der Waals surface area (Å²) < 4.78 is 30.9. The first kappa shape index (κ1) is 12.4.